The van der Waals surface area contributed by atoms with Gasteiger partial charge in [0.2, 0.25) is 5.13 Å². The van der Waals surface area contributed by atoms with Crippen molar-refractivity contribution < 1.29 is 4.79 Å². The van der Waals surface area contributed by atoms with Crippen LogP contribution in [-0.4, -0.2) is 21.8 Å². The maximum absolute atomic E-state index is 12.1. The standard InChI is InChI=1S/C18H12N4OS/c23-17-16(13-8-4-5-9-14(13)19-17)20-18-22-21-15(24-18)11-10-12-6-2-1-3-7-12/h1-11H,(H,19,20,22,23). The SMILES string of the molecule is O=C1Nc2ccccc2C1=Nc1nnc(C=Cc2ccccc2)s1. The zero-order valence-electron chi connectivity index (χ0n) is 12.5. The second-order valence-electron chi connectivity index (χ2n) is 5.13. The molecule has 6 heteroatoms. The molecule has 1 aliphatic rings. The van der Waals surface area contributed by atoms with Gasteiger partial charge in [-0.15, -0.1) is 10.2 Å². The van der Waals surface area contributed by atoms with Gasteiger partial charge >= 0.3 is 0 Å². The molecule has 0 saturated carbocycles. The molecule has 0 atom stereocenters. The van der Waals surface area contributed by atoms with Crippen LogP contribution in [0, 0.1) is 0 Å². The second-order valence-corrected chi connectivity index (χ2v) is 6.11. The van der Waals surface area contributed by atoms with Gasteiger partial charge < -0.3 is 5.32 Å². The number of amides is 1. The quantitative estimate of drug-likeness (QED) is 0.793. The van der Waals surface area contributed by atoms with Crippen LogP contribution in [0.3, 0.4) is 0 Å². The summed E-state index contributed by atoms with van der Waals surface area (Å²) in [5.74, 6) is -0.215. The molecule has 1 aliphatic heterocycles. The lowest BCUT2D eigenvalue weighted by molar-refractivity contribution is -0.110. The van der Waals surface area contributed by atoms with Gasteiger partial charge in [0, 0.05) is 5.56 Å². The molecule has 0 bridgehead atoms. The third-order valence-electron chi connectivity index (χ3n) is 3.50. The van der Waals surface area contributed by atoms with Crippen LogP contribution in [0.4, 0.5) is 10.8 Å². The number of nitrogens with one attached hydrogen (secondary N) is 1. The Morgan fingerprint density at radius 1 is 0.958 bits per heavy atom. The van der Waals surface area contributed by atoms with Crippen molar-refractivity contribution in [2.75, 3.05) is 5.32 Å². The summed E-state index contributed by atoms with van der Waals surface area (Å²) in [4.78, 5) is 16.4. The molecular formula is C18H12N4OS. The number of hydrogen-bond donors (Lipinski definition) is 1. The Balaban J connectivity index is 1.60. The van der Waals surface area contributed by atoms with E-state index in [0.717, 1.165) is 21.8 Å². The van der Waals surface area contributed by atoms with E-state index in [1.165, 1.54) is 11.3 Å². The first-order valence-corrected chi connectivity index (χ1v) is 8.17. The molecule has 1 amide bonds. The molecule has 0 spiro atoms. The summed E-state index contributed by atoms with van der Waals surface area (Å²) in [6.45, 7) is 0. The number of aromatic nitrogens is 2. The smallest absolute Gasteiger partial charge is 0.275 e. The number of rotatable bonds is 3. The molecule has 0 unspecified atom stereocenters. The number of hydrogen-bond acceptors (Lipinski definition) is 5. The van der Waals surface area contributed by atoms with Crippen molar-refractivity contribution in [3.63, 3.8) is 0 Å². The Hall–Kier alpha value is -3.12. The number of aliphatic imine (C=N–C) groups is 1. The van der Waals surface area contributed by atoms with Crippen molar-refractivity contribution in [2.24, 2.45) is 4.99 Å². The molecule has 0 fully saturated rings. The highest BCUT2D eigenvalue weighted by molar-refractivity contribution is 7.15. The molecule has 0 aliphatic carbocycles. The second kappa shape index (κ2) is 6.17. The number of fused-ring (bicyclic) bond motifs is 1. The van der Waals surface area contributed by atoms with Crippen LogP contribution in [0.5, 0.6) is 0 Å². The molecule has 0 radical (unpaired) electrons. The Kier molecular flexibility index (Phi) is 3.72. The van der Waals surface area contributed by atoms with E-state index in [4.69, 9.17) is 0 Å². The molecule has 2 heterocycles. The monoisotopic (exact) mass is 332 g/mol. The average Bonchev–Trinajstić information content (AvgIpc) is 3.19. The Morgan fingerprint density at radius 3 is 2.62 bits per heavy atom. The topological polar surface area (TPSA) is 67.2 Å². The van der Waals surface area contributed by atoms with Gasteiger partial charge in [-0.3, -0.25) is 4.79 Å². The molecule has 116 valence electrons. The highest BCUT2D eigenvalue weighted by Gasteiger charge is 2.25. The van der Waals surface area contributed by atoms with E-state index in [1.54, 1.807) is 0 Å². The zero-order chi connectivity index (χ0) is 16.4. The van der Waals surface area contributed by atoms with E-state index < -0.39 is 0 Å². The maximum atomic E-state index is 12.1. The fraction of sp³-hybridized carbons (Fsp3) is 0. The summed E-state index contributed by atoms with van der Waals surface area (Å²) in [7, 11) is 0. The van der Waals surface area contributed by atoms with E-state index in [9.17, 15) is 4.79 Å². The van der Waals surface area contributed by atoms with Crippen LogP contribution in [0.1, 0.15) is 16.1 Å². The lowest BCUT2D eigenvalue weighted by atomic mass is 10.1. The summed E-state index contributed by atoms with van der Waals surface area (Å²) in [6.07, 6.45) is 3.86. The average molecular weight is 332 g/mol. The predicted octanol–water partition coefficient (Wildman–Crippen LogP) is 3.78. The van der Waals surface area contributed by atoms with Gasteiger partial charge in [0.25, 0.3) is 5.91 Å². The van der Waals surface area contributed by atoms with Gasteiger partial charge in [-0.2, -0.15) is 0 Å². The van der Waals surface area contributed by atoms with Crippen LogP contribution >= 0.6 is 11.3 Å². The van der Waals surface area contributed by atoms with Crippen LogP contribution in [-0.2, 0) is 4.79 Å². The minimum atomic E-state index is -0.215. The molecule has 1 aromatic heterocycles. The number of anilines is 1. The zero-order valence-corrected chi connectivity index (χ0v) is 13.3. The minimum Gasteiger partial charge on any atom is -0.320 e. The van der Waals surface area contributed by atoms with Crippen molar-refractivity contribution in [3.8, 4) is 0 Å². The number of carbonyl (C=O) groups excluding carboxylic acids is 1. The largest absolute Gasteiger partial charge is 0.320 e. The fourth-order valence-electron chi connectivity index (χ4n) is 2.38. The molecule has 3 aromatic rings. The Bertz CT molecular complexity index is 960. The Labute approximate surface area is 142 Å². The van der Waals surface area contributed by atoms with Gasteiger partial charge in [0.15, 0.2) is 0 Å². The van der Waals surface area contributed by atoms with E-state index in [2.05, 4.69) is 20.5 Å². The van der Waals surface area contributed by atoms with Crippen molar-refractivity contribution in [2.45, 2.75) is 0 Å². The third-order valence-corrected chi connectivity index (χ3v) is 4.28. The van der Waals surface area contributed by atoms with Crippen LogP contribution in [0.2, 0.25) is 0 Å². The van der Waals surface area contributed by atoms with E-state index in [0.29, 0.717) is 10.8 Å². The molecule has 5 nitrogen and oxygen atoms in total. The number of benzene rings is 2. The van der Waals surface area contributed by atoms with Crippen molar-refractivity contribution in [1.82, 2.24) is 10.2 Å². The molecular weight excluding hydrogens is 320 g/mol. The van der Waals surface area contributed by atoms with Crippen molar-refractivity contribution in [1.29, 1.82) is 0 Å². The summed E-state index contributed by atoms with van der Waals surface area (Å²) < 4.78 is 0. The van der Waals surface area contributed by atoms with E-state index in [1.807, 2.05) is 66.7 Å². The van der Waals surface area contributed by atoms with Crippen LogP contribution < -0.4 is 5.32 Å². The van der Waals surface area contributed by atoms with Gasteiger partial charge in [-0.1, -0.05) is 65.9 Å². The summed E-state index contributed by atoms with van der Waals surface area (Å²) in [6, 6.07) is 17.4. The van der Waals surface area contributed by atoms with Crippen LogP contribution in [0.15, 0.2) is 59.6 Å². The third kappa shape index (κ3) is 2.87. The summed E-state index contributed by atoms with van der Waals surface area (Å²) >= 11 is 1.34. The van der Waals surface area contributed by atoms with E-state index >= 15 is 0 Å². The fourth-order valence-corrected chi connectivity index (χ4v) is 3.00. The van der Waals surface area contributed by atoms with Crippen molar-refractivity contribution in [3.05, 3.63) is 70.7 Å². The molecule has 24 heavy (non-hydrogen) atoms. The first kappa shape index (κ1) is 14.5. The highest BCUT2D eigenvalue weighted by atomic mass is 32.1. The lowest BCUT2D eigenvalue weighted by Gasteiger charge is -1.94. The van der Waals surface area contributed by atoms with E-state index in [-0.39, 0.29) is 5.91 Å². The summed E-state index contributed by atoms with van der Waals surface area (Å²) in [5.41, 5.74) is 3.03. The molecule has 2 aromatic carbocycles. The molecule has 4 rings (SSSR count). The number of para-hydroxylation sites is 1. The maximum Gasteiger partial charge on any atom is 0.275 e. The number of carbonyl (C=O) groups is 1. The van der Waals surface area contributed by atoms with Crippen molar-refractivity contribution >= 4 is 45.9 Å². The first-order valence-electron chi connectivity index (χ1n) is 7.36. The number of nitrogens with zero attached hydrogens (tertiary/aromatic N) is 3. The minimum absolute atomic E-state index is 0.215. The van der Waals surface area contributed by atoms with Gasteiger partial charge in [0.05, 0.1) is 5.69 Å². The summed E-state index contributed by atoms with van der Waals surface area (Å²) in [5, 5.41) is 12.1. The molecule has 0 saturated heterocycles. The first-order chi connectivity index (χ1) is 11.8. The van der Waals surface area contributed by atoms with Gasteiger partial charge in [-0.25, -0.2) is 4.99 Å². The molecule has 1 N–H and O–H groups in total. The highest BCUT2D eigenvalue weighted by Crippen LogP contribution is 2.27. The predicted molar refractivity (Wildman–Crippen MR) is 96.5 cm³/mol. The lowest BCUT2D eigenvalue weighted by Crippen LogP contribution is -2.13. The Morgan fingerprint density at radius 2 is 1.75 bits per heavy atom. The normalized spacial score (nSPS) is 15.0. The van der Waals surface area contributed by atoms with Crippen LogP contribution in [0.25, 0.3) is 12.2 Å². The van der Waals surface area contributed by atoms with Gasteiger partial charge in [-0.05, 0) is 17.7 Å². The van der Waals surface area contributed by atoms with Gasteiger partial charge in [0.1, 0.15) is 10.7 Å².